The molecule has 76 valence electrons. The van der Waals surface area contributed by atoms with Gasteiger partial charge in [-0.3, -0.25) is 0 Å². The van der Waals surface area contributed by atoms with Crippen LogP contribution < -0.4 is 5.14 Å². The normalized spacial score (nSPS) is 13.9. The summed E-state index contributed by atoms with van der Waals surface area (Å²) < 4.78 is 21.1. The summed E-state index contributed by atoms with van der Waals surface area (Å²) in [5.41, 5.74) is 1.20. The molecule has 0 fully saturated rings. The Morgan fingerprint density at radius 2 is 2.08 bits per heavy atom. The van der Waals surface area contributed by atoms with Crippen LogP contribution >= 0.6 is 0 Å². The van der Waals surface area contributed by atoms with E-state index in [1.165, 1.54) is 5.57 Å². The highest BCUT2D eigenvalue weighted by molar-refractivity contribution is 7.89. The first kappa shape index (κ1) is 12.4. The van der Waals surface area contributed by atoms with Gasteiger partial charge in [0, 0.05) is 0 Å². The van der Waals surface area contributed by atoms with Gasteiger partial charge < -0.3 is 0 Å². The van der Waals surface area contributed by atoms with Crippen LogP contribution in [0.15, 0.2) is 23.8 Å². The van der Waals surface area contributed by atoms with Crippen LogP contribution in [0.1, 0.15) is 26.7 Å². The molecule has 0 aliphatic carbocycles. The van der Waals surface area contributed by atoms with E-state index in [2.05, 4.69) is 6.92 Å². The van der Waals surface area contributed by atoms with Crippen molar-refractivity contribution in [3.8, 4) is 0 Å². The van der Waals surface area contributed by atoms with Crippen molar-refractivity contribution in [2.75, 3.05) is 5.75 Å². The molecule has 0 saturated heterocycles. The zero-order chi connectivity index (χ0) is 10.3. The average Bonchev–Trinajstić information content (AvgIpc) is 2.03. The standard InChI is InChI=1S/C9H17NO2S/c1-3-9(4-2)7-5-6-8-13(10,11)12/h3,5,7H,4,6,8H2,1-2H3,(H2,10,11,12)/b7-5-,9-3+. The molecule has 0 radical (unpaired) electrons. The summed E-state index contributed by atoms with van der Waals surface area (Å²) in [6, 6.07) is 0. The van der Waals surface area contributed by atoms with E-state index in [1.54, 1.807) is 0 Å². The van der Waals surface area contributed by atoms with Crippen LogP contribution in [0.25, 0.3) is 0 Å². The van der Waals surface area contributed by atoms with Crippen molar-refractivity contribution in [3.63, 3.8) is 0 Å². The molecule has 2 N–H and O–H groups in total. The lowest BCUT2D eigenvalue weighted by Crippen LogP contribution is -2.15. The minimum Gasteiger partial charge on any atom is -0.229 e. The zero-order valence-electron chi connectivity index (χ0n) is 8.16. The van der Waals surface area contributed by atoms with Crippen LogP contribution in [0.4, 0.5) is 0 Å². The van der Waals surface area contributed by atoms with Crippen LogP contribution in [-0.2, 0) is 10.0 Å². The van der Waals surface area contributed by atoms with E-state index >= 15 is 0 Å². The zero-order valence-corrected chi connectivity index (χ0v) is 8.97. The minimum atomic E-state index is -3.31. The molecule has 13 heavy (non-hydrogen) atoms. The number of hydrogen-bond acceptors (Lipinski definition) is 2. The lowest BCUT2D eigenvalue weighted by molar-refractivity contribution is 0.597. The highest BCUT2D eigenvalue weighted by Crippen LogP contribution is 2.02. The van der Waals surface area contributed by atoms with E-state index in [4.69, 9.17) is 5.14 Å². The number of sulfonamides is 1. The molecule has 0 amide bonds. The minimum absolute atomic E-state index is 0.0181. The second kappa shape index (κ2) is 5.94. The Hall–Kier alpha value is -0.610. The average molecular weight is 203 g/mol. The number of hydrogen-bond donors (Lipinski definition) is 1. The Morgan fingerprint density at radius 1 is 1.46 bits per heavy atom. The quantitative estimate of drug-likeness (QED) is 0.689. The first-order chi connectivity index (χ1) is 5.99. The van der Waals surface area contributed by atoms with E-state index in [9.17, 15) is 8.42 Å². The van der Waals surface area contributed by atoms with E-state index in [0.29, 0.717) is 6.42 Å². The summed E-state index contributed by atoms with van der Waals surface area (Å²) in [7, 11) is -3.31. The molecular formula is C9H17NO2S. The number of primary sulfonamides is 1. The third-order valence-electron chi connectivity index (χ3n) is 1.68. The van der Waals surface area contributed by atoms with E-state index in [0.717, 1.165) is 6.42 Å². The third-order valence-corrected chi connectivity index (χ3v) is 2.48. The van der Waals surface area contributed by atoms with Gasteiger partial charge in [-0.15, -0.1) is 0 Å². The Bertz CT molecular complexity index is 289. The van der Waals surface area contributed by atoms with Crippen molar-refractivity contribution in [1.82, 2.24) is 0 Å². The van der Waals surface area contributed by atoms with Crippen LogP contribution in [0.2, 0.25) is 0 Å². The van der Waals surface area contributed by atoms with Gasteiger partial charge in [0.2, 0.25) is 10.0 Å². The lowest BCUT2D eigenvalue weighted by atomic mass is 10.2. The molecule has 0 bridgehead atoms. The molecule has 0 heterocycles. The van der Waals surface area contributed by atoms with Crippen LogP contribution in [0, 0.1) is 0 Å². The predicted octanol–water partition coefficient (Wildman–Crippen LogP) is 1.58. The van der Waals surface area contributed by atoms with Gasteiger partial charge in [-0.25, -0.2) is 13.6 Å². The lowest BCUT2D eigenvalue weighted by Gasteiger charge is -1.95. The van der Waals surface area contributed by atoms with Gasteiger partial charge in [0.1, 0.15) is 0 Å². The fraction of sp³-hybridized carbons (Fsp3) is 0.556. The van der Waals surface area contributed by atoms with Crippen molar-refractivity contribution >= 4 is 10.0 Å². The van der Waals surface area contributed by atoms with Gasteiger partial charge >= 0.3 is 0 Å². The maximum absolute atomic E-state index is 10.5. The molecule has 0 aliphatic rings. The molecule has 0 aliphatic heterocycles. The van der Waals surface area contributed by atoms with Gasteiger partial charge in [-0.1, -0.05) is 30.7 Å². The molecule has 4 heteroatoms. The van der Waals surface area contributed by atoms with Crippen molar-refractivity contribution in [2.24, 2.45) is 5.14 Å². The fourth-order valence-electron chi connectivity index (χ4n) is 0.885. The first-order valence-electron chi connectivity index (χ1n) is 4.31. The number of rotatable bonds is 5. The van der Waals surface area contributed by atoms with Crippen molar-refractivity contribution < 1.29 is 8.42 Å². The smallest absolute Gasteiger partial charge is 0.209 e. The van der Waals surface area contributed by atoms with Crippen molar-refractivity contribution in [1.29, 1.82) is 0 Å². The maximum Gasteiger partial charge on any atom is 0.209 e. The van der Waals surface area contributed by atoms with E-state index < -0.39 is 10.0 Å². The van der Waals surface area contributed by atoms with E-state index in [-0.39, 0.29) is 5.75 Å². The van der Waals surface area contributed by atoms with Crippen LogP contribution in [-0.4, -0.2) is 14.2 Å². The fourth-order valence-corrected chi connectivity index (χ4v) is 1.35. The maximum atomic E-state index is 10.5. The van der Waals surface area contributed by atoms with E-state index in [1.807, 2.05) is 25.2 Å². The van der Waals surface area contributed by atoms with Crippen molar-refractivity contribution in [3.05, 3.63) is 23.8 Å². The summed E-state index contributed by atoms with van der Waals surface area (Å²) in [5.74, 6) is 0.0181. The van der Waals surface area contributed by atoms with Gasteiger partial charge in [-0.05, 0) is 19.8 Å². The summed E-state index contributed by atoms with van der Waals surface area (Å²) in [5, 5.41) is 4.84. The molecule has 3 nitrogen and oxygen atoms in total. The second-order valence-corrected chi connectivity index (χ2v) is 4.51. The molecule has 0 aromatic heterocycles. The molecule has 0 saturated carbocycles. The van der Waals surface area contributed by atoms with Crippen LogP contribution in [0.3, 0.4) is 0 Å². The molecule has 0 spiro atoms. The predicted molar refractivity (Wildman–Crippen MR) is 55.8 cm³/mol. The SMILES string of the molecule is C/C=C(/C=C\CCS(N)(=O)=O)CC. The molecule has 0 atom stereocenters. The van der Waals surface area contributed by atoms with Crippen LogP contribution in [0.5, 0.6) is 0 Å². The highest BCUT2D eigenvalue weighted by atomic mass is 32.2. The Morgan fingerprint density at radius 3 is 2.46 bits per heavy atom. The summed E-state index contributed by atoms with van der Waals surface area (Å²) >= 11 is 0. The van der Waals surface area contributed by atoms with Gasteiger partial charge in [-0.2, -0.15) is 0 Å². The molecule has 0 aromatic carbocycles. The monoisotopic (exact) mass is 203 g/mol. The third kappa shape index (κ3) is 7.74. The van der Waals surface area contributed by atoms with Gasteiger partial charge in [0.15, 0.2) is 0 Å². The Labute approximate surface area is 80.4 Å². The van der Waals surface area contributed by atoms with Gasteiger partial charge in [0.25, 0.3) is 0 Å². The Kier molecular flexibility index (Phi) is 5.66. The largest absolute Gasteiger partial charge is 0.229 e. The summed E-state index contributed by atoms with van der Waals surface area (Å²) in [6.07, 6.45) is 7.22. The molecule has 0 rings (SSSR count). The topological polar surface area (TPSA) is 60.2 Å². The molecule has 0 unspecified atom stereocenters. The summed E-state index contributed by atoms with van der Waals surface area (Å²) in [4.78, 5) is 0. The highest BCUT2D eigenvalue weighted by Gasteiger charge is 1.98. The summed E-state index contributed by atoms with van der Waals surface area (Å²) in [6.45, 7) is 4.02. The van der Waals surface area contributed by atoms with Crippen molar-refractivity contribution in [2.45, 2.75) is 26.7 Å². The first-order valence-corrected chi connectivity index (χ1v) is 6.03. The number of nitrogens with two attached hydrogens (primary N) is 1. The molecular weight excluding hydrogens is 186 g/mol. The second-order valence-electron chi connectivity index (χ2n) is 2.78. The molecule has 0 aromatic rings. The van der Waals surface area contributed by atoms with Gasteiger partial charge in [0.05, 0.1) is 5.75 Å². The number of allylic oxidation sites excluding steroid dienone is 4. The Balaban J connectivity index is 3.90.